The average molecular weight is 214 g/mol. The summed E-state index contributed by atoms with van der Waals surface area (Å²) in [5.41, 5.74) is 2.22. The predicted molar refractivity (Wildman–Crippen MR) is 59.7 cm³/mol. The minimum atomic E-state index is -0.272. The fourth-order valence-corrected chi connectivity index (χ4v) is 1.72. The van der Waals surface area contributed by atoms with E-state index in [0.29, 0.717) is 0 Å². The van der Waals surface area contributed by atoms with Gasteiger partial charge in [0.2, 0.25) is 0 Å². The highest BCUT2D eigenvalue weighted by molar-refractivity contribution is 5.85. The highest BCUT2D eigenvalue weighted by atomic mass is 35.5. The molecule has 1 N–H and O–H groups in total. The van der Waals surface area contributed by atoms with Gasteiger partial charge in [0, 0.05) is 6.54 Å². The quantitative estimate of drug-likeness (QED) is 0.773. The lowest BCUT2D eigenvalue weighted by molar-refractivity contribution is 0.00243. The van der Waals surface area contributed by atoms with E-state index in [-0.39, 0.29) is 18.1 Å². The van der Waals surface area contributed by atoms with Gasteiger partial charge in [-0.3, -0.25) is 5.32 Å². The Morgan fingerprint density at radius 2 is 2.21 bits per heavy atom. The third-order valence-electron chi connectivity index (χ3n) is 2.52. The van der Waals surface area contributed by atoms with Crippen molar-refractivity contribution in [1.29, 1.82) is 0 Å². The number of ether oxygens (including phenoxy) is 1. The van der Waals surface area contributed by atoms with Crippen molar-refractivity contribution in [3.63, 3.8) is 0 Å². The molecule has 1 atom stereocenters. The van der Waals surface area contributed by atoms with E-state index in [1.54, 1.807) is 0 Å². The lowest BCUT2D eigenvalue weighted by Gasteiger charge is -2.24. The molecule has 0 aliphatic carbocycles. The molecule has 0 radical (unpaired) electrons. The summed E-state index contributed by atoms with van der Waals surface area (Å²) in [7, 11) is 0. The van der Waals surface area contributed by atoms with E-state index in [1.807, 2.05) is 0 Å². The van der Waals surface area contributed by atoms with Crippen molar-refractivity contribution in [2.45, 2.75) is 19.6 Å². The largest absolute Gasteiger partial charge is 0.355 e. The van der Waals surface area contributed by atoms with E-state index >= 15 is 0 Å². The molecule has 0 spiro atoms. The van der Waals surface area contributed by atoms with Crippen LogP contribution < -0.4 is 5.32 Å². The Bertz CT molecular complexity index is 308. The number of benzene rings is 1. The predicted octanol–water partition coefficient (Wildman–Crippen LogP) is 2.21. The monoisotopic (exact) mass is 213 g/mol. The third kappa shape index (κ3) is 2.08. The van der Waals surface area contributed by atoms with Crippen molar-refractivity contribution in [2.75, 3.05) is 13.2 Å². The Labute approximate surface area is 91.1 Å². The van der Waals surface area contributed by atoms with Gasteiger partial charge in [0.25, 0.3) is 0 Å². The molecule has 0 aromatic heterocycles. The Morgan fingerprint density at radius 1 is 1.43 bits per heavy atom. The molecular formula is C11H16ClNO. The van der Waals surface area contributed by atoms with Crippen LogP contribution in [0.25, 0.3) is 0 Å². The molecule has 0 bridgehead atoms. The van der Waals surface area contributed by atoms with Gasteiger partial charge in [-0.25, -0.2) is 0 Å². The van der Waals surface area contributed by atoms with E-state index in [0.717, 1.165) is 13.2 Å². The van der Waals surface area contributed by atoms with Crippen LogP contribution in [0.2, 0.25) is 0 Å². The topological polar surface area (TPSA) is 21.3 Å². The van der Waals surface area contributed by atoms with Crippen LogP contribution in [0.15, 0.2) is 24.3 Å². The molecular weight excluding hydrogens is 198 g/mol. The molecule has 0 amide bonds. The van der Waals surface area contributed by atoms with E-state index in [1.165, 1.54) is 11.1 Å². The molecule has 1 aliphatic heterocycles. The molecule has 0 saturated carbocycles. The second-order valence-electron chi connectivity index (χ2n) is 3.68. The second-order valence-corrected chi connectivity index (χ2v) is 3.68. The summed E-state index contributed by atoms with van der Waals surface area (Å²) in [5.74, 6) is 0. The number of nitrogens with one attached hydrogen (secondary N) is 1. The molecule has 2 nitrogen and oxygen atoms in total. The van der Waals surface area contributed by atoms with Crippen molar-refractivity contribution in [3.05, 3.63) is 35.4 Å². The third-order valence-corrected chi connectivity index (χ3v) is 2.52. The molecule has 1 fully saturated rings. The maximum atomic E-state index is 5.67. The first-order valence-corrected chi connectivity index (χ1v) is 4.67. The zero-order valence-corrected chi connectivity index (χ0v) is 9.36. The van der Waals surface area contributed by atoms with Crippen molar-refractivity contribution < 1.29 is 4.74 Å². The van der Waals surface area contributed by atoms with E-state index in [4.69, 9.17) is 4.74 Å². The van der Waals surface area contributed by atoms with E-state index in [9.17, 15) is 0 Å². The molecule has 3 heteroatoms. The summed E-state index contributed by atoms with van der Waals surface area (Å²) in [5, 5.41) is 3.35. The van der Waals surface area contributed by atoms with Crippen molar-refractivity contribution in [2.24, 2.45) is 0 Å². The van der Waals surface area contributed by atoms with Gasteiger partial charge in [-0.1, -0.05) is 29.8 Å². The standard InChI is InChI=1S/C11H15NO.ClH/c1-9-4-3-5-10(8-9)11(2)12-6-7-13-11;/h3-5,8,12H,6-7H2,1-2H3;1H. The normalized spacial score (nSPS) is 25.9. The van der Waals surface area contributed by atoms with Crippen LogP contribution in [0, 0.1) is 6.92 Å². The molecule has 1 aromatic carbocycles. The zero-order chi connectivity index (χ0) is 9.31. The molecule has 1 heterocycles. The van der Waals surface area contributed by atoms with Crippen LogP contribution in [0.1, 0.15) is 18.1 Å². The lowest BCUT2D eigenvalue weighted by atomic mass is 10.0. The van der Waals surface area contributed by atoms with Crippen molar-refractivity contribution >= 4 is 12.4 Å². The first-order valence-electron chi connectivity index (χ1n) is 4.67. The maximum absolute atomic E-state index is 5.67. The molecule has 1 saturated heterocycles. The second kappa shape index (κ2) is 4.30. The summed E-state index contributed by atoms with van der Waals surface area (Å²) in [6, 6.07) is 8.44. The van der Waals surface area contributed by atoms with Gasteiger partial charge in [-0.2, -0.15) is 0 Å². The zero-order valence-electron chi connectivity index (χ0n) is 8.54. The first kappa shape index (κ1) is 11.5. The van der Waals surface area contributed by atoms with Gasteiger partial charge < -0.3 is 4.74 Å². The van der Waals surface area contributed by atoms with Gasteiger partial charge in [-0.05, 0) is 19.4 Å². The van der Waals surface area contributed by atoms with Crippen LogP contribution in [0.4, 0.5) is 0 Å². The highest BCUT2D eigenvalue weighted by Crippen LogP contribution is 2.25. The Kier molecular flexibility index (Phi) is 3.53. The maximum Gasteiger partial charge on any atom is 0.142 e. The van der Waals surface area contributed by atoms with Crippen molar-refractivity contribution in [1.82, 2.24) is 5.32 Å². The van der Waals surface area contributed by atoms with Crippen LogP contribution in [-0.2, 0) is 10.5 Å². The fourth-order valence-electron chi connectivity index (χ4n) is 1.72. The van der Waals surface area contributed by atoms with Crippen LogP contribution in [0.5, 0.6) is 0 Å². The number of rotatable bonds is 1. The van der Waals surface area contributed by atoms with Gasteiger partial charge >= 0.3 is 0 Å². The molecule has 78 valence electrons. The highest BCUT2D eigenvalue weighted by Gasteiger charge is 2.30. The average Bonchev–Trinajstić information content (AvgIpc) is 2.54. The van der Waals surface area contributed by atoms with E-state index < -0.39 is 0 Å². The molecule has 1 aromatic rings. The molecule has 2 rings (SSSR count). The van der Waals surface area contributed by atoms with Gasteiger partial charge in [-0.15, -0.1) is 12.4 Å². The van der Waals surface area contributed by atoms with Crippen LogP contribution >= 0.6 is 12.4 Å². The number of aryl methyl sites for hydroxylation is 1. The SMILES string of the molecule is Cc1cccc(C2(C)NCCO2)c1.Cl. The molecule has 14 heavy (non-hydrogen) atoms. The Hall–Kier alpha value is -0.570. The van der Waals surface area contributed by atoms with Gasteiger partial charge in [0.15, 0.2) is 0 Å². The molecule has 1 unspecified atom stereocenters. The number of hydrogen-bond donors (Lipinski definition) is 1. The smallest absolute Gasteiger partial charge is 0.142 e. The summed E-state index contributed by atoms with van der Waals surface area (Å²) in [6.07, 6.45) is 0. The molecule has 1 aliphatic rings. The summed E-state index contributed by atoms with van der Waals surface area (Å²) >= 11 is 0. The minimum absolute atomic E-state index is 0. The fraction of sp³-hybridized carbons (Fsp3) is 0.455. The minimum Gasteiger partial charge on any atom is -0.355 e. The van der Waals surface area contributed by atoms with Gasteiger partial charge in [0.1, 0.15) is 5.72 Å². The van der Waals surface area contributed by atoms with Gasteiger partial charge in [0.05, 0.1) is 6.61 Å². The summed E-state index contributed by atoms with van der Waals surface area (Å²) < 4.78 is 5.67. The van der Waals surface area contributed by atoms with Crippen LogP contribution in [0.3, 0.4) is 0 Å². The number of hydrogen-bond acceptors (Lipinski definition) is 2. The van der Waals surface area contributed by atoms with E-state index in [2.05, 4.69) is 43.4 Å². The first-order chi connectivity index (χ1) is 6.21. The summed E-state index contributed by atoms with van der Waals surface area (Å²) in [6.45, 7) is 5.91. The van der Waals surface area contributed by atoms with Crippen LogP contribution in [-0.4, -0.2) is 13.2 Å². The van der Waals surface area contributed by atoms with Crippen molar-refractivity contribution in [3.8, 4) is 0 Å². The lowest BCUT2D eigenvalue weighted by Crippen LogP contribution is -2.34. The number of halogens is 1. The Morgan fingerprint density at radius 3 is 2.79 bits per heavy atom. The Balaban J connectivity index is 0.000000980. The summed E-state index contributed by atoms with van der Waals surface area (Å²) in [4.78, 5) is 0.